The number of halogens is 1. The first-order chi connectivity index (χ1) is 8.02. The molecule has 2 amide bonds. The maximum absolute atomic E-state index is 11.4. The van der Waals surface area contributed by atoms with Gasteiger partial charge in [-0.25, -0.2) is 14.6 Å². The third kappa shape index (κ3) is 4.67. The first-order valence-corrected chi connectivity index (χ1v) is 6.16. The number of carbonyl (C=O) groups is 2. The Morgan fingerprint density at radius 2 is 2.29 bits per heavy atom. The van der Waals surface area contributed by atoms with E-state index in [0.29, 0.717) is 5.13 Å². The van der Waals surface area contributed by atoms with E-state index in [2.05, 4.69) is 31.5 Å². The van der Waals surface area contributed by atoms with E-state index in [1.54, 1.807) is 0 Å². The lowest BCUT2D eigenvalue weighted by atomic mass is 10.2. The number of thiazole rings is 1. The molecular formula is C8H10BrN3O4S. The number of aliphatic carboxylic acids is 1. The first kappa shape index (κ1) is 13.9. The Bertz CT molecular complexity index is 411. The molecular weight excluding hydrogens is 314 g/mol. The SMILES string of the molecule is O=C(Nc1ncc(Br)s1)NC(CCO)C(=O)O. The molecule has 1 heterocycles. The maximum Gasteiger partial charge on any atom is 0.326 e. The van der Waals surface area contributed by atoms with Gasteiger partial charge in [0.15, 0.2) is 5.13 Å². The summed E-state index contributed by atoms with van der Waals surface area (Å²) in [5.41, 5.74) is 0. The molecule has 1 atom stereocenters. The number of anilines is 1. The molecule has 9 heteroatoms. The minimum Gasteiger partial charge on any atom is -0.480 e. The van der Waals surface area contributed by atoms with Crippen molar-refractivity contribution in [2.75, 3.05) is 11.9 Å². The van der Waals surface area contributed by atoms with Crippen LogP contribution in [0.2, 0.25) is 0 Å². The van der Waals surface area contributed by atoms with E-state index in [9.17, 15) is 9.59 Å². The van der Waals surface area contributed by atoms with Crippen LogP contribution in [0, 0.1) is 0 Å². The number of rotatable bonds is 5. The molecule has 0 aromatic carbocycles. The summed E-state index contributed by atoms with van der Waals surface area (Å²) in [5, 5.41) is 22.3. The molecule has 0 radical (unpaired) electrons. The second-order valence-electron chi connectivity index (χ2n) is 2.97. The molecule has 0 aliphatic carbocycles. The van der Waals surface area contributed by atoms with E-state index in [4.69, 9.17) is 10.2 Å². The lowest BCUT2D eigenvalue weighted by Crippen LogP contribution is -2.43. The van der Waals surface area contributed by atoms with Crippen molar-refractivity contribution in [3.8, 4) is 0 Å². The summed E-state index contributed by atoms with van der Waals surface area (Å²) in [7, 11) is 0. The van der Waals surface area contributed by atoms with Crippen LogP contribution in [0.25, 0.3) is 0 Å². The molecule has 0 spiro atoms. The molecule has 1 rings (SSSR count). The van der Waals surface area contributed by atoms with Crippen LogP contribution in [0.3, 0.4) is 0 Å². The van der Waals surface area contributed by atoms with E-state index in [1.807, 2.05) is 0 Å². The summed E-state index contributed by atoms with van der Waals surface area (Å²) < 4.78 is 0.748. The number of aromatic nitrogens is 1. The van der Waals surface area contributed by atoms with Crippen LogP contribution in [0.5, 0.6) is 0 Å². The molecule has 0 saturated carbocycles. The highest BCUT2D eigenvalue weighted by Crippen LogP contribution is 2.22. The monoisotopic (exact) mass is 323 g/mol. The van der Waals surface area contributed by atoms with Crippen molar-refractivity contribution in [3.63, 3.8) is 0 Å². The Morgan fingerprint density at radius 3 is 2.76 bits per heavy atom. The van der Waals surface area contributed by atoms with Crippen LogP contribution < -0.4 is 10.6 Å². The van der Waals surface area contributed by atoms with Gasteiger partial charge in [-0.05, 0) is 15.9 Å². The first-order valence-electron chi connectivity index (χ1n) is 4.55. The van der Waals surface area contributed by atoms with E-state index in [-0.39, 0.29) is 13.0 Å². The minimum atomic E-state index is -1.20. The van der Waals surface area contributed by atoms with Crippen molar-refractivity contribution in [2.24, 2.45) is 0 Å². The van der Waals surface area contributed by atoms with Crippen molar-refractivity contribution in [1.29, 1.82) is 0 Å². The second kappa shape index (κ2) is 6.52. The van der Waals surface area contributed by atoms with Gasteiger partial charge in [-0.3, -0.25) is 5.32 Å². The van der Waals surface area contributed by atoms with Gasteiger partial charge in [0.1, 0.15) is 6.04 Å². The average Bonchev–Trinajstić information content (AvgIpc) is 2.63. The van der Waals surface area contributed by atoms with E-state index in [1.165, 1.54) is 17.5 Å². The molecule has 1 aromatic rings. The van der Waals surface area contributed by atoms with Gasteiger partial charge >= 0.3 is 12.0 Å². The van der Waals surface area contributed by atoms with Gasteiger partial charge in [-0.1, -0.05) is 11.3 Å². The number of hydrogen-bond donors (Lipinski definition) is 4. The smallest absolute Gasteiger partial charge is 0.326 e. The van der Waals surface area contributed by atoms with Crippen LogP contribution >= 0.6 is 27.3 Å². The predicted octanol–water partition coefficient (Wildman–Crippen LogP) is 0.863. The lowest BCUT2D eigenvalue weighted by Gasteiger charge is -2.12. The molecule has 1 aromatic heterocycles. The lowest BCUT2D eigenvalue weighted by molar-refractivity contribution is -0.139. The quantitative estimate of drug-likeness (QED) is 0.642. The van der Waals surface area contributed by atoms with Crippen LogP contribution in [0.4, 0.5) is 9.93 Å². The number of hydrogen-bond acceptors (Lipinski definition) is 5. The van der Waals surface area contributed by atoms with Gasteiger partial charge in [0.05, 0.1) is 9.98 Å². The van der Waals surface area contributed by atoms with Crippen LogP contribution in [-0.4, -0.2) is 39.8 Å². The highest BCUT2D eigenvalue weighted by Gasteiger charge is 2.19. The van der Waals surface area contributed by atoms with Crippen LogP contribution in [-0.2, 0) is 4.79 Å². The zero-order chi connectivity index (χ0) is 12.8. The summed E-state index contributed by atoms with van der Waals surface area (Å²) >= 11 is 4.38. The predicted molar refractivity (Wildman–Crippen MR) is 65.1 cm³/mol. The highest BCUT2D eigenvalue weighted by atomic mass is 79.9. The van der Waals surface area contributed by atoms with Gasteiger partial charge in [-0.2, -0.15) is 0 Å². The van der Waals surface area contributed by atoms with Crippen molar-refractivity contribution in [2.45, 2.75) is 12.5 Å². The highest BCUT2D eigenvalue weighted by molar-refractivity contribution is 9.11. The molecule has 0 saturated heterocycles. The summed E-state index contributed by atoms with van der Waals surface area (Å²) in [6.07, 6.45) is 1.47. The molecule has 0 aliphatic heterocycles. The van der Waals surface area contributed by atoms with E-state index >= 15 is 0 Å². The van der Waals surface area contributed by atoms with Crippen LogP contribution in [0.1, 0.15) is 6.42 Å². The number of aliphatic hydroxyl groups is 1. The van der Waals surface area contributed by atoms with Crippen molar-refractivity contribution >= 4 is 44.4 Å². The van der Waals surface area contributed by atoms with E-state index < -0.39 is 18.0 Å². The van der Waals surface area contributed by atoms with Crippen molar-refractivity contribution < 1.29 is 19.8 Å². The molecule has 0 bridgehead atoms. The van der Waals surface area contributed by atoms with Gasteiger partial charge in [0.25, 0.3) is 0 Å². The Labute approximate surface area is 109 Å². The largest absolute Gasteiger partial charge is 0.480 e. The average molecular weight is 324 g/mol. The minimum absolute atomic E-state index is 0.0513. The molecule has 7 nitrogen and oxygen atoms in total. The number of carboxylic acid groups (broad SMARTS) is 1. The molecule has 0 aliphatic rings. The van der Waals surface area contributed by atoms with Gasteiger partial charge in [0, 0.05) is 13.0 Å². The second-order valence-corrected chi connectivity index (χ2v) is 5.38. The Kier molecular flexibility index (Phi) is 5.32. The molecule has 4 N–H and O–H groups in total. The normalized spacial score (nSPS) is 11.9. The zero-order valence-electron chi connectivity index (χ0n) is 8.51. The number of urea groups is 1. The third-order valence-electron chi connectivity index (χ3n) is 1.72. The number of aliphatic hydroxyl groups excluding tert-OH is 1. The summed E-state index contributed by atoms with van der Waals surface area (Å²) in [4.78, 5) is 26.0. The maximum atomic E-state index is 11.4. The topological polar surface area (TPSA) is 112 Å². The number of nitrogens with one attached hydrogen (secondary N) is 2. The van der Waals surface area contributed by atoms with Gasteiger partial charge in [0.2, 0.25) is 0 Å². The number of carboxylic acids is 1. The number of amides is 2. The summed E-state index contributed by atoms with van der Waals surface area (Å²) in [6.45, 7) is -0.319. The fourth-order valence-corrected chi connectivity index (χ4v) is 2.09. The zero-order valence-corrected chi connectivity index (χ0v) is 10.9. The fraction of sp³-hybridized carbons (Fsp3) is 0.375. The fourth-order valence-electron chi connectivity index (χ4n) is 0.990. The standard InChI is InChI=1S/C8H10BrN3O4S/c9-5-3-10-8(17-5)12-7(16)11-4(1-2-13)6(14)15/h3-4,13H,1-2H2,(H,14,15)(H2,10,11,12,16). The van der Waals surface area contributed by atoms with Gasteiger partial charge in [-0.15, -0.1) is 0 Å². The Hall–Kier alpha value is -1.19. The van der Waals surface area contributed by atoms with Crippen molar-refractivity contribution in [1.82, 2.24) is 10.3 Å². The summed E-state index contributed by atoms with van der Waals surface area (Å²) in [6, 6.07) is -1.80. The van der Waals surface area contributed by atoms with E-state index in [0.717, 1.165) is 3.79 Å². The molecule has 0 fully saturated rings. The third-order valence-corrected chi connectivity index (χ3v) is 3.11. The number of carbonyl (C=O) groups excluding carboxylic acids is 1. The molecule has 17 heavy (non-hydrogen) atoms. The summed E-state index contributed by atoms with van der Waals surface area (Å²) in [5.74, 6) is -1.20. The molecule has 1 unspecified atom stereocenters. The number of nitrogens with zero attached hydrogens (tertiary/aromatic N) is 1. The van der Waals surface area contributed by atoms with Gasteiger partial charge < -0.3 is 15.5 Å². The van der Waals surface area contributed by atoms with Crippen molar-refractivity contribution in [3.05, 3.63) is 9.98 Å². The van der Waals surface area contributed by atoms with Crippen LogP contribution in [0.15, 0.2) is 9.98 Å². The molecule has 94 valence electrons. The Balaban J connectivity index is 2.50. The Morgan fingerprint density at radius 1 is 1.59 bits per heavy atom.